The Bertz CT molecular complexity index is 2380. The molecule has 0 spiro atoms. The fourth-order valence-electron chi connectivity index (χ4n) is 9.83. The van der Waals surface area contributed by atoms with Crippen molar-refractivity contribution in [1.82, 2.24) is 60.9 Å². The maximum atomic E-state index is 12.9. The number of hydrogen-bond donors (Lipinski definition) is 5. The zero-order chi connectivity index (χ0) is 66.5. The van der Waals surface area contributed by atoms with Gasteiger partial charge in [-0.1, -0.05) is 89.1 Å². The molecule has 5 rings (SSSR count). The third kappa shape index (κ3) is 31.1. The van der Waals surface area contributed by atoms with Crippen LogP contribution in [0.1, 0.15) is 98.3 Å². The summed E-state index contributed by atoms with van der Waals surface area (Å²) in [5.74, 6) is -0.326. The molecule has 5 N–H and O–H groups in total. The highest BCUT2D eigenvalue weighted by atomic mass is 127. The fraction of sp³-hybridized carbons (Fsp3) is 0.774. The number of carbonyl (C=O) groups is 11. The largest absolute Gasteiger partial charge is 0.479 e. The quantitative estimate of drug-likeness (QED) is 0.0192. The van der Waals surface area contributed by atoms with Gasteiger partial charge in [0.05, 0.1) is 29.2 Å². The van der Waals surface area contributed by atoms with Crippen LogP contribution in [0, 0.1) is 0 Å². The SMILES string of the molecule is CCC1=NCCO1.[B]P(I)C1CC(=O)N(CCN(CCNC(=O)CC)CCN(CCNC(=O)CC)CCN(CCNC(=O)CC)CCN2C(=O)CC(P[B]I)C2=O)C1=O.[B]P(I)C1CC(=O)N(CCNCCCCCNCCN2C(=O)CC(P[B]I)C2=O)C1=O. The summed E-state index contributed by atoms with van der Waals surface area (Å²) in [4.78, 5) is 155. The second-order valence-corrected chi connectivity index (χ2v) is 36.9. The van der Waals surface area contributed by atoms with E-state index in [2.05, 4.69) is 113 Å². The van der Waals surface area contributed by atoms with E-state index in [1.165, 1.54) is 19.6 Å². The normalized spacial score (nSPS) is 20.1. The van der Waals surface area contributed by atoms with Crippen molar-refractivity contribution in [2.24, 2.45) is 4.99 Å². The molecule has 0 saturated carbocycles. The van der Waals surface area contributed by atoms with E-state index in [0.29, 0.717) is 139 Å². The van der Waals surface area contributed by atoms with Crippen molar-refractivity contribution in [2.75, 3.05) is 144 Å². The van der Waals surface area contributed by atoms with Gasteiger partial charge in [0, 0.05) is 169 Å². The number of aliphatic imine (C=N–C) groups is 1. The molecule has 0 aromatic carbocycles. The first-order chi connectivity index (χ1) is 43.1. The monoisotopic (exact) mass is 1780 g/mol. The van der Waals surface area contributed by atoms with Gasteiger partial charge in [-0.15, -0.1) is 16.9 Å². The molecule has 0 aromatic rings. The maximum absolute atomic E-state index is 12.9. The minimum atomic E-state index is -1.10. The topological polar surface area (TPSA) is 292 Å². The molecule has 5 aliphatic rings. The van der Waals surface area contributed by atoms with Gasteiger partial charge in [0.2, 0.25) is 74.7 Å². The highest BCUT2D eigenvalue weighted by molar-refractivity contribution is 14.2. The molecule has 8 atom stereocenters. The van der Waals surface area contributed by atoms with Crippen molar-refractivity contribution in [3.8, 4) is 0 Å². The van der Waals surface area contributed by atoms with Gasteiger partial charge in [-0.3, -0.25) is 92.0 Å². The molecule has 4 fully saturated rings. The molecular formula is C53H89B4I4N13O12P4. The van der Waals surface area contributed by atoms with E-state index in [0.717, 1.165) is 57.8 Å². The van der Waals surface area contributed by atoms with Crippen molar-refractivity contribution in [1.29, 1.82) is 0 Å². The number of halogens is 4. The Kier molecular flexibility index (Phi) is 44.4. The van der Waals surface area contributed by atoms with Crippen LogP contribution >= 0.6 is 117 Å². The Hall–Kier alpha value is -0.860. The molecule has 25 nitrogen and oxygen atoms in total. The number of nitrogens with one attached hydrogen (secondary N) is 5. The highest BCUT2D eigenvalue weighted by Crippen LogP contribution is 2.50. The summed E-state index contributed by atoms with van der Waals surface area (Å²) < 4.78 is 5.05. The Morgan fingerprint density at radius 3 is 1.20 bits per heavy atom. The van der Waals surface area contributed by atoms with Gasteiger partial charge in [-0.2, -0.15) is 44.7 Å². The number of carbonyl (C=O) groups excluding carboxylic acids is 11. The molecule has 11 amide bonds. The lowest BCUT2D eigenvalue weighted by Gasteiger charge is -2.31. The average Bonchev–Trinajstić information content (AvgIpc) is 4.51. The van der Waals surface area contributed by atoms with Crippen LogP contribution in [-0.2, 0) is 57.5 Å². The van der Waals surface area contributed by atoms with Crippen molar-refractivity contribution >= 4 is 212 Å². The molecular weight excluding hydrogens is 1690 g/mol. The number of rotatable bonds is 43. The summed E-state index contributed by atoms with van der Waals surface area (Å²) in [6.45, 7) is 19.4. The van der Waals surface area contributed by atoms with Crippen LogP contribution in [0.5, 0.6) is 0 Å². The van der Waals surface area contributed by atoms with Crippen molar-refractivity contribution in [3.63, 3.8) is 0 Å². The van der Waals surface area contributed by atoms with E-state index in [1.807, 2.05) is 38.7 Å². The first kappa shape index (κ1) is 83.4. The predicted molar refractivity (Wildman–Crippen MR) is 397 cm³/mol. The van der Waals surface area contributed by atoms with Crippen molar-refractivity contribution < 1.29 is 57.5 Å². The molecule has 37 heteroatoms. The molecule has 0 bridgehead atoms. The summed E-state index contributed by atoms with van der Waals surface area (Å²) in [6, 6.07) is 0. The summed E-state index contributed by atoms with van der Waals surface area (Å²) in [7, 11) is 12.5. The summed E-state index contributed by atoms with van der Waals surface area (Å²) in [5.41, 5.74) is -3.28. The van der Waals surface area contributed by atoms with Crippen LogP contribution < -0.4 is 26.6 Å². The van der Waals surface area contributed by atoms with E-state index in [-0.39, 0.29) is 123 Å². The first-order valence-corrected chi connectivity index (χ1v) is 44.1. The van der Waals surface area contributed by atoms with Crippen LogP contribution in [0.4, 0.5) is 0 Å². The van der Waals surface area contributed by atoms with Crippen LogP contribution in [0.2, 0.25) is 0 Å². The standard InChI is InChI=1S/C31H53B2I2N8O7P2.C17H27B2I2N4O4P2.C5H9NO/c1-4-25(44)36-7-10-39(13-15-40(11-8-37-26(45)5-2)17-19-42-28(47)21-23(30(42)49)51-33-34)14-16-41(12-9-38-27(46)6-3)18-20-43-29(48)22-24(31(43)50)52(32)35;18-31(21)13-11-15(27)25(17(13)29)9-7-23-5-3-1-2-4-22-6-8-24-14(26)10-12(16(24)28)30-19-20;1-2-5-6-3-4-7-5/h23-24,51H,4-22H2,1-3H3,(H,36,44)(H,37,45)(H,38,46);12-13,22-23,30H,1-11H2;2-4H2,1H3. The van der Waals surface area contributed by atoms with Gasteiger partial charge in [0.1, 0.15) is 21.7 Å². The van der Waals surface area contributed by atoms with Gasteiger partial charge in [-0.25, -0.2) is 0 Å². The van der Waals surface area contributed by atoms with Crippen LogP contribution in [0.25, 0.3) is 0 Å². The molecule has 8 unspecified atom stereocenters. The first-order valence-electron chi connectivity index (χ1n) is 30.8. The number of ether oxygens (including phenoxy) is 1. The van der Waals surface area contributed by atoms with E-state index in [9.17, 15) is 52.7 Å². The molecule has 6 radical (unpaired) electrons. The molecule has 5 heterocycles. The zero-order valence-electron chi connectivity index (χ0n) is 52.3. The minimum Gasteiger partial charge on any atom is -0.479 e. The molecule has 498 valence electrons. The zero-order valence-corrected chi connectivity index (χ0v) is 64.8. The lowest BCUT2D eigenvalue weighted by Crippen LogP contribution is -2.47. The number of nitrogens with zero attached hydrogens (tertiary/aromatic N) is 8. The van der Waals surface area contributed by atoms with Crippen LogP contribution in [0.15, 0.2) is 4.99 Å². The second-order valence-electron chi connectivity index (χ2n) is 21.4. The van der Waals surface area contributed by atoms with Crippen molar-refractivity contribution in [2.45, 2.75) is 121 Å². The second kappa shape index (κ2) is 48.0. The van der Waals surface area contributed by atoms with E-state index >= 15 is 0 Å². The lowest BCUT2D eigenvalue weighted by atomic mass is 10.2. The summed E-state index contributed by atoms with van der Waals surface area (Å²) in [6.07, 6.45) is 6.07. The summed E-state index contributed by atoms with van der Waals surface area (Å²) >= 11 is 8.33. The highest BCUT2D eigenvalue weighted by Gasteiger charge is 2.42. The van der Waals surface area contributed by atoms with Gasteiger partial charge in [-0.05, 0) is 25.9 Å². The van der Waals surface area contributed by atoms with Crippen LogP contribution in [-0.4, -0.2) is 297 Å². The Labute approximate surface area is 595 Å². The lowest BCUT2D eigenvalue weighted by molar-refractivity contribution is -0.140. The molecule has 0 aliphatic carbocycles. The van der Waals surface area contributed by atoms with Gasteiger partial charge >= 0.3 is 0 Å². The Morgan fingerprint density at radius 1 is 0.522 bits per heavy atom. The molecule has 90 heavy (non-hydrogen) atoms. The van der Waals surface area contributed by atoms with Gasteiger partial charge in [0.15, 0.2) is 5.90 Å². The Morgan fingerprint density at radius 2 is 0.878 bits per heavy atom. The average molecular weight is 1780 g/mol. The third-order valence-electron chi connectivity index (χ3n) is 15.2. The van der Waals surface area contributed by atoms with E-state index < -0.39 is 16.5 Å². The van der Waals surface area contributed by atoms with Crippen molar-refractivity contribution in [3.05, 3.63) is 0 Å². The number of unbranched alkanes of at least 4 members (excludes halogenated alkanes) is 2. The number of hydrogen-bond acceptors (Lipinski definition) is 18. The van der Waals surface area contributed by atoms with E-state index in [4.69, 9.17) is 19.9 Å². The number of imide groups is 4. The smallest absolute Gasteiger partial charge is 0.237 e. The van der Waals surface area contributed by atoms with Gasteiger partial charge < -0.3 is 31.3 Å². The van der Waals surface area contributed by atoms with Crippen LogP contribution in [0.3, 0.4) is 0 Å². The number of amides is 11. The minimum absolute atomic E-state index is 0.0323. The Balaban J connectivity index is 0.000000465. The predicted octanol–water partition coefficient (Wildman–Crippen LogP) is 2.27. The maximum Gasteiger partial charge on any atom is 0.237 e. The fourth-order valence-corrected chi connectivity index (χ4v) is 17.9. The molecule has 5 aliphatic heterocycles. The summed E-state index contributed by atoms with van der Waals surface area (Å²) in [5, 5.41) is 15.3. The van der Waals surface area contributed by atoms with Gasteiger partial charge in [0.25, 0.3) is 0 Å². The third-order valence-corrected chi connectivity index (χ3v) is 25.3. The number of likely N-dealkylation sites (tertiary alicyclic amines) is 4. The molecule has 0 aromatic heterocycles. The molecule has 4 saturated heterocycles. The van der Waals surface area contributed by atoms with E-state index in [1.54, 1.807) is 20.8 Å².